The molecule has 0 spiro atoms. The molecule has 1 heterocycles. The summed E-state index contributed by atoms with van der Waals surface area (Å²) in [6.45, 7) is 8.96. The Morgan fingerprint density at radius 2 is 2.00 bits per heavy atom. The van der Waals surface area contributed by atoms with Gasteiger partial charge < -0.3 is 15.5 Å². The Labute approximate surface area is 146 Å². The van der Waals surface area contributed by atoms with Crippen LogP contribution in [0.25, 0.3) is 0 Å². The number of likely N-dealkylation sites (tertiary alicyclic amines) is 1. The van der Waals surface area contributed by atoms with Crippen molar-refractivity contribution in [3.05, 3.63) is 0 Å². The molecule has 1 unspecified atom stereocenters. The number of carbonyl (C=O) groups excluding carboxylic acids is 1. The molecule has 0 radical (unpaired) electrons. The van der Waals surface area contributed by atoms with Crippen molar-refractivity contribution in [1.29, 1.82) is 0 Å². The number of halogens is 1. The van der Waals surface area contributed by atoms with Gasteiger partial charge in [0.1, 0.15) is 0 Å². The van der Waals surface area contributed by atoms with Crippen LogP contribution in [0.3, 0.4) is 0 Å². The third-order valence-electron chi connectivity index (χ3n) is 4.12. The highest BCUT2D eigenvalue weighted by molar-refractivity contribution is 14.0. The normalized spacial score (nSPS) is 18.6. The average molecular weight is 410 g/mol. The van der Waals surface area contributed by atoms with Crippen molar-refractivity contribution in [3.8, 4) is 0 Å². The summed E-state index contributed by atoms with van der Waals surface area (Å²) in [6, 6.07) is 0.318. The molecule has 0 aliphatic carbocycles. The van der Waals surface area contributed by atoms with Gasteiger partial charge >= 0.3 is 0 Å². The summed E-state index contributed by atoms with van der Waals surface area (Å²) in [7, 11) is 1.80. The van der Waals surface area contributed by atoms with Gasteiger partial charge in [-0.2, -0.15) is 0 Å². The van der Waals surface area contributed by atoms with E-state index in [2.05, 4.69) is 29.5 Å². The van der Waals surface area contributed by atoms with Gasteiger partial charge in [-0.1, -0.05) is 33.6 Å². The molecule has 1 amide bonds. The van der Waals surface area contributed by atoms with Crippen LogP contribution in [0.5, 0.6) is 0 Å². The molecule has 6 heteroatoms. The summed E-state index contributed by atoms with van der Waals surface area (Å²) in [5, 5.41) is 6.81. The van der Waals surface area contributed by atoms with E-state index >= 15 is 0 Å². The highest BCUT2D eigenvalue weighted by Gasteiger charge is 2.25. The quantitative estimate of drug-likeness (QED) is 0.401. The average Bonchev–Trinajstić information content (AvgIpc) is 2.94. The van der Waals surface area contributed by atoms with E-state index < -0.39 is 0 Å². The Kier molecular flexibility index (Phi) is 10.8. The van der Waals surface area contributed by atoms with Crippen LogP contribution in [-0.2, 0) is 4.79 Å². The van der Waals surface area contributed by atoms with Gasteiger partial charge in [-0.05, 0) is 12.3 Å². The van der Waals surface area contributed by atoms with Gasteiger partial charge in [0.15, 0.2) is 5.96 Å². The van der Waals surface area contributed by atoms with Crippen LogP contribution >= 0.6 is 24.0 Å². The molecule has 1 fully saturated rings. The first-order chi connectivity index (χ1) is 9.64. The fraction of sp³-hybridized carbons (Fsp3) is 0.867. The number of amides is 1. The maximum absolute atomic E-state index is 11.7. The SMILES string of the molecule is CCC(=O)N1CCC(NC(=NC)NCC(CC)CC)C1.I. The van der Waals surface area contributed by atoms with E-state index in [1.165, 1.54) is 12.8 Å². The lowest BCUT2D eigenvalue weighted by Crippen LogP contribution is -2.46. The van der Waals surface area contributed by atoms with E-state index in [9.17, 15) is 4.79 Å². The van der Waals surface area contributed by atoms with Crippen molar-refractivity contribution in [1.82, 2.24) is 15.5 Å². The second kappa shape index (κ2) is 11.1. The Hall–Kier alpha value is -0.530. The number of nitrogens with zero attached hydrogens (tertiary/aromatic N) is 2. The number of hydrogen-bond donors (Lipinski definition) is 2. The number of hydrogen-bond acceptors (Lipinski definition) is 2. The second-order valence-corrected chi connectivity index (χ2v) is 5.46. The first-order valence-corrected chi connectivity index (χ1v) is 7.89. The highest BCUT2D eigenvalue weighted by Crippen LogP contribution is 2.10. The number of nitrogens with one attached hydrogen (secondary N) is 2. The lowest BCUT2D eigenvalue weighted by atomic mass is 10.0. The largest absolute Gasteiger partial charge is 0.356 e. The number of rotatable bonds is 6. The van der Waals surface area contributed by atoms with Gasteiger partial charge in [-0.3, -0.25) is 9.79 Å². The topological polar surface area (TPSA) is 56.7 Å². The third-order valence-corrected chi connectivity index (χ3v) is 4.12. The minimum atomic E-state index is 0. The van der Waals surface area contributed by atoms with E-state index in [1.807, 2.05) is 11.8 Å². The zero-order valence-corrected chi connectivity index (χ0v) is 16.1. The molecule has 5 nitrogen and oxygen atoms in total. The molecule has 1 rings (SSSR count). The maximum Gasteiger partial charge on any atom is 0.222 e. The fourth-order valence-corrected chi connectivity index (χ4v) is 2.53. The molecule has 0 bridgehead atoms. The van der Waals surface area contributed by atoms with Gasteiger partial charge in [0.25, 0.3) is 0 Å². The Balaban J connectivity index is 0.00000400. The van der Waals surface area contributed by atoms with Crippen molar-refractivity contribution >= 4 is 35.8 Å². The molecule has 2 N–H and O–H groups in total. The summed E-state index contributed by atoms with van der Waals surface area (Å²) in [6.07, 6.45) is 3.96. The van der Waals surface area contributed by atoms with Crippen LogP contribution in [0.15, 0.2) is 4.99 Å². The smallest absolute Gasteiger partial charge is 0.222 e. The Morgan fingerprint density at radius 1 is 1.33 bits per heavy atom. The van der Waals surface area contributed by atoms with Crippen molar-refractivity contribution in [2.75, 3.05) is 26.7 Å². The summed E-state index contributed by atoms with van der Waals surface area (Å²) in [4.78, 5) is 17.9. The monoisotopic (exact) mass is 410 g/mol. The van der Waals surface area contributed by atoms with Gasteiger partial charge in [0.05, 0.1) is 0 Å². The molecule has 0 aromatic rings. The first-order valence-electron chi connectivity index (χ1n) is 7.89. The minimum absolute atomic E-state index is 0. The molecule has 1 saturated heterocycles. The lowest BCUT2D eigenvalue weighted by molar-refractivity contribution is -0.129. The molecule has 124 valence electrons. The molecule has 0 saturated carbocycles. The minimum Gasteiger partial charge on any atom is -0.356 e. The Bertz CT molecular complexity index is 332. The second-order valence-electron chi connectivity index (χ2n) is 5.46. The maximum atomic E-state index is 11.7. The molecule has 0 aromatic carbocycles. The molecular weight excluding hydrogens is 379 g/mol. The predicted molar refractivity (Wildman–Crippen MR) is 99.3 cm³/mol. The molecule has 1 aliphatic rings. The number of aliphatic imine (C=N–C) groups is 1. The number of guanidine groups is 1. The van der Waals surface area contributed by atoms with Crippen LogP contribution < -0.4 is 10.6 Å². The van der Waals surface area contributed by atoms with Gasteiger partial charge in [-0.15, -0.1) is 24.0 Å². The number of carbonyl (C=O) groups is 1. The molecule has 1 aliphatic heterocycles. The van der Waals surface area contributed by atoms with Crippen LogP contribution in [0.2, 0.25) is 0 Å². The van der Waals surface area contributed by atoms with Gasteiger partial charge in [-0.25, -0.2) is 0 Å². The summed E-state index contributed by atoms with van der Waals surface area (Å²) >= 11 is 0. The summed E-state index contributed by atoms with van der Waals surface area (Å²) < 4.78 is 0. The summed E-state index contributed by atoms with van der Waals surface area (Å²) in [5.41, 5.74) is 0. The van der Waals surface area contributed by atoms with Gasteiger partial charge in [0, 0.05) is 39.1 Å². The predicted octanol–water partition coefficient (Wildman–Crippen LogP) is 2.22. The van der Waals surface area contributed by atoms with Crippen LogP contribution in [0.1, 0.15) is 46.5 Å². The molecule has 1 atom stereocenters. The van der Waals surface area contributed by atoms with Crippen LogP contribution in [0.4, 0.5) is 0 Å². The lowest BCUT2D eigenvalue weighted by Gasteiger charge is -2.20. The van der Waals surface area contributed by atoms with Gasteiger partial charge in [0.2, 0.25) is 5.91 Å². The molecular formula is C15H31IN4O. The van der Waals surface area contributed by atoms with E-state index in [1.54, 1.807) is 7.05 Å². The Morgan fingerprint density at radius 3 is 2.52 bits per heavy atom. The van der Waals surface area contributed by atoms with Crippen molar-refractivity contribution in [2.24, 2.45) is 10.9 Å². The van der Waals surface area contributed by atoms with Crippen molar-refractivity contribution in [3.63, 3.8) is 0 Å². The van der Waals surface area contributed by atoms with Crippen LogP contribution in [0, 0.1) is 5.92 Å². The van der Waals surface area contributed by atoms with E-state index in [-0.39, 0.29) is 29.9 Å². The first kappa shape index (κ1) is 20.5. The van der Waals surface area contributed by atoms with E-state index in [4.69, 9.17) is 0 Å². The molecule has 21 heavy (non-hydrogen) atoms. The highest BCUT2D eigenvalue weighted by atomic mass is 127. The third kappa shape index (κ3) is 6.84. The van der Waals surface area contributed by atoms with Crippen molar-refractivity contribution in [2.45, 2.75) is 52.5 Å². The van der Waals surface area contributed by atoms with E-state index in [0.29, 0.717) is 18.4 Å². The zero-order valence-electron chi connectivity index (χ0n) is 13.8. The van der Waals surface area contributed by atoms with E-state index in [0.717, 1.165) is 32.0 Å². The zero-order chi connectivity index (χ0) is 15.0. The summed E-state index contributed by atoms with van der Waals surface area (Å²) in [5.74, 6) is 1.79. The standard InChI is InChI=1S/C15H30N4O.HI/c1-5-12(6-2)10-17-15(16-4)18-13-8-9-19(11-13)14(20)7-3;/h12-13H,5-11H2,1-4H3,(H2,16,17,18);1H. The van der Waals surface area contributed by atoms with Crippen molar-refractivity contribution < 1.29 is 4.79 Å². The fourth-order valence-electron chi connectivity index (χ4n) is 2.53. The van der Waals surface area contributed by atoms with Crippen LogP contribution in [-0.4, -0.2) is 49.5 Å². The molecule has 0 aromatic heterocycles.